The van der Waals surface area contributed by atoms with E-state index in [0.717, 1.165) is 5.56 Å². The first-order chi connectivity index (χ1) is 8.04. The van der Waals surface area contributed by atoms with Crippen LogP contribution in [0.2, 0.25) is 18.1 Å². The maximum atomic E-state index is 13.3. The van der Waals surface area contributed by atoms with Crippen molar-refractivity contribution in [1.29, 1.82) is 0 Å². The maximum absolute atomic E-state index is 13.3. The average Bonchev–Trinajstić information content (AvgIpc) is 2.21. The molecule has 0 aliphatic rings. The van der Waals surface area contributed by atoms with E-state index < -0.39 is 14.1 Å². The molecule has 0 saturated heterocycles. The third-order valence-corrected chi connectivity index (χ3v) is 8.18. The van der Waals surface area contributed by atoms with Gasteiger partial charge in [-0.15, -0.1) is 0 Å². The van der Waals surface area contributed by atoms with Gasteiger partial charge < -0.3 is 9.53 Å². The molecular weight excluding hydrogens is 247 g/mol. The Morgan fingerprint density at radius 2 is 1.83 bits per heavy atom. The number of rotatable bonds is 3. The third kappa shape index (κ3) is 3.33. The summed E-state index contributed by atoms with van der Waals surface area (Å²) in [6.45, 7) is 12.9. The predicted molar refractivity (Wildman–Crippen MR) is 74.8 cm³/mol. The summed E-state index contributed by atoms with van der Waals surface area (Å²) >= 11 is 0. The number of aryl methyl sites for hydroxylation is 1. The molecule has 0 atom stereocenters. The van der Waals surface area contributed by atoms with Crippen LogP contribution in [0.3, 0.4) is 0 Å². The van der Waals surface area contributed by atoms with E-state index in [0.29, 0.717) is 12.2 Å². The molecule has 0 aliphatic heterocycles. The highest BCUT2D eigenvalue weighted by molar-refractivity contribution is 6.74. The van der Waals surface area contributed by atoms with Crippen LogP contribution in [0.25, 0.3) is 0 Å². The monoisotopic (exact) mass is 270 g/mol. The van der Waals surface area contributed by atoms with Gasteiger partial charge in [-0.3, -0.25) is 0 Å². The number of aromatic hydroxyl groups is 1. The molecule has 0 saturated carbocycles. The Bertz CT molecular complexity index is 413. The molecule has 0 unspecified atom stereocenters. The molecule has 0 bridgehead atoms. The van der Waals surface area contributed by atoms with Crippen LogP contribution in [0.15, 0.2) is 12.1 Å². The van der Waals surface area contributed by atoms with Gasteiger partial charge in [-0.05, 0) is 42.2 Å². The molecule has 0 aliphatic carbocycles. The second kappa shape index (κ2) is 5.01. The average molecular weight is 270 g/mol. The minimum absolute atomic E-state index is 0.143. The lowest BCUT2D eigenvalue weighted by molar-refractivity contribution is 0.275. The van der Waals surface area contributed by atoms with Gasteiger partial charge >= 0.3 is 0 Å². The number of benzene rings is 1. The van der Waals surface area contributed by atoms with E-state index in [9.17, 15) is 9.50 Å². The predicted octanol–water partition coefficient (Wildman–Crippen LogP) is 4.36. The highest BCUT2D eigenvalue weighted by Gasteiger charge is 2.37. The molecule has 1 N–H and O–H groups in total. The van der Waals surface area contributed by atoms with Crippen molar-refractivity contribution in [1.82, 2.24) is 0 Å². The molecule has 0 radical (unpaired) electrons. The largest absolute Gasteiger partial charge is 0.505 e. The lowest BCUT2D eigenvalue weighted by Gasteiger charge is -2.36. The summed E-state index contributed by atoms with van der Waals surface area (Å²) in [4.78, 5) is 0. The fourth-order valence-corrected chi connectivity index (χ4v) is 2.35. The molecule has 1 aromatic carbocycles. The number of hydrogen-bond acceptors (Lipinski definition) is 2. The second-order valence-electron chi connectivity index (χ2n) is 6.29. The molecule has 2 nitrogen and oxygen atoms in total. The normalized spacial score (nSPS) is 12.8. The van der Waals surface area contributed by atoms with Crippen molar-refractivity contribution in [3.63, 3.8) is 0 Å². The molecule has 0 spiro atoms. The van der Waals surface area contributed by atoms with Gasteiger partial charge in [-0.25, -0.2) is 4.39 Å². The Labute approximate surface area is 110 Å². The molecule has 18 heavy (non-hydrogen) atoms. The van der Waals surface area contributed by atoms with E-state index in [2.05, 4.69) is 33.9 Å². The molecule has 1 rings (SSSR count). The lowest BCUT2D eigenvalue weighted by atomic mass is 10.1. The van der Waals surface area contributed by atoms with Crippen molar-refractivity contribution >= 4 is 8.32 Å². The van der Waals surface area contributed by atoms with Gasteiger partial charge in [0.15, 0.2) is 19.9 Å². The van der Waals surface area contributed by atoms with Gasteiger partial charge in [-0.2, -0.15) is 0 Å². The van der Waals surface area contributed by atoms with E-state index in [1.807, 2.05) is 0 Å². The highest BCUT2D eigenvalue weighted by atomic mass is 28.4. The molecule has 102 valence electrons. The first-order valence-electron chi connectivity index (χ1n) is 6.16. The maximum Gasteiger partial charge on any atom is 0.192 e. The first-order valence-corrected chi connectivity index (χ1v) is 9.07. The Balaban J connectivity index is 2.82. The minimum atomic E-state index is -1.81. The molecule has 1 aromatic rings. The van der Waals surface area contributed by atoms with E-state index in [4.69, 9.17) is 4.43 Å². The summed E-state index contributed by atoms with van der Waals surface area (Å²) in [6.07, 6.45) is 0. The Kier molecular flexibility index (Phi) is 4.23. The van der Waals surface area contributed by atoms with Crippen LogP contribution in [-0.4, -0.2) is 13.4 Å². The lowest BCUT2D eigenvalue weighted by Crippen LogP contribution is -2.40. The van der Waals surface area contributed by atoms with Crippen LogP contribution < -0.4 is 0 Å². The van der Waals surface area contributed by atoms with Gasteiger partial charge in [0.1, 0.15) is 0 Å². The number of hydrogen-bond donors (Lipinski definition) is 1. The molecule has 0 fully saturated rings. The van der Waals surface area contributed by atoms with Crippen LogP contribution in [0, 0.1) is 12.7 Å². The standard InChI is InChI=1S/C14H23FO2Si/c1-10-7-11(8-12(16)13(10)15)9-17-18(5,6)14(2,3)4/h7-8,16H,9H2,1-6H3. The molecule has 0 amide bonds. The van der Waals surface area contributed by atoms with Crippen molar-refractivity contribution in [3.8, 4) is 5.75 Å². The highest BCUT2D eigenvalue weighted by Crippen LogP contribution is 2.37. The van der Waals surface area contributed by atoms with Gasteiger partial charge in [0.05, 0.1) is 6.61 Å². The van der Waals surface area contributed by atoms with Crippen LogP contribution in [0.4, 0.5) is 4.39 Å². The van der Waals surface area contributed by atoms with Crippen LogP contribution in [0.5, 0.6) is 5.75 Å². The zero-order chi connectivity index (χ0) is 14.1. The molecular formula is C14H23FO2Si. The summed E-state index contributed by atoms with van der Waals surface area (Å²) in [5.41, 5.74) is 1.26. The summed E-state index contributed by atoms with van der Waals surface area (Å²) in [6, 6.07) is 3.16. The number of halogens is 1. The Hall–Kier alpha value is -0.873. The SMILES string of the molecule is Cc1cc(CO[Si](C)(C)C(C)(C)C)cc(O)c1F. The second-order valence-corrected chi connectivity index (χ2v) is 11.1. The van der Waals surface area contributed by atoms with Crippen molar-refractivity contribution < 1.29 is 13.9 Å². The summed E-state index contributed by atoms with van der Waals surface area (Å²) in [7, 11) is -1.81. The van der Waals surface area contributed by atoms with E-state index in [1.54, 1.807) is 13.0 Å². The molecule has 4 heteroatoms. The fraction of sp³-hybridized carbons (Fsp3) is 0.571. The third-order valence-electron chi connectivity index (χ3n) is 3.70. The van der Waals surface area contributed by atoms with Crippen molar-refractivity contribution in [3.05, 3.63) is 29.1 Å². The quantitative estimate of drug-likeness (QED) is 0.827. The number of phenolic OH excluding ortho intramolecular Hbond substituents is 1. The van der Waals surface area contributed by atoms with Gasteiger partial charge in [0, 0.05) is 0 Å². The fourth-order valence-electron chi connectivity index (χ4n) is 1.39. The molecule has 0 aromatic heterocycles. The summed E-state index contributed by atoms with van der Waals surface area (Å²) in [5.74, 6) is -0.852. The summed E-state index contributed by atoms with van der Waals surface area (Å²) < 4.78 is 19.3. The smallest absolute Gasteiger partial charge is 0.192 e. The van der Waals surface area contributed by atoms with Crippen LogP contribution in [0.1, 0.15) is 31.9 Å². The topological polar surface area (TPSA) is 29.5 Å². The van der Waals surface area contributed by atoms with Crippen molar-refractivity contribution in [2.75, 3.05) is 0 Å². The van der Waals surface area contributed by atoms with Crippen molar-refractivity contribution in [2.45, 2.75) is 52.4 Å². The van der Waals surface area contributed by atoms with Gasteiger partial charge in [0.25, 0.3) is 0 Å². The zero-order valence-electron chi connectivity index (χ0n) is 12.1. The molecule has 0 heterocycles. The van der Waals surface area contributed by atoms with Gasteiger partial charge in [0.2, 0.25) is 0 Å². The van der Waals surface area contributed by atoms with Crippen LogP contribution >= 0.6 is 0 Å². The summed E-state index contributed by atoms with van der Waals surface area (Å²) in [5, 5.41) is 9.59. The van der Waals surface area contributed by atoms with E-state index in [1.165, 1.54) is 6.07 Å². The zero-order valence-corrected chi connectivity index (χ0v) is 13.1. The minimum Gasteiger partial charge on any atom is -0.505 e. The van der Waals surface area contributed by atoms with E-state index in [-0.39, 0.29) is 10.8 Å². The Morgan fingerprint density at radius 3 is 2.28 bits per heavy atom. The first kappa shape index (κ1) is 15.2. The van der Waals surface area contributed by atoms with Gasteiger partial charge in [-0.1, -0.05) is 26.8 Å². The van der Waals surface area contributed by atoms with Crippen molar-refractivity contribution in [2.24, 2.45) is 0 Å². The Morgan fingerprint density at radius 1 is 1.28 bits per heavy atom. The van der Waals surface area contributed by atoms with E-state index >= 15 is 0 Å². The number of phenols is 1. The van der Waals surface area contributed by atoms with Crippen LogP contribution in [-0.2, 0) is 11.0 Å².